The topological polar surface area (TPSA) is 73.3 Å². The summed E-state index contributed by atoms with van der Waals surface area (Å²) in [6.07, 6.45) is 4.84. The molecule has 3 N–H and O–H groups in total. The fraction of sp³-hybridized carbons (Fsp3) is 0.500. The van der Waals surface area contributed by atoms with Crippen LogP contribution in [0.2, 0.25) is 0 Å². The Morgan fingerprint density at radius 2 is 1.96 bits per heavy atom. The van der Waals surface area contributed by atoms with Crippen molar-refractivity contribution in [3.63, 3.8) is 0 Å². The first-order valence-electron chi connectivity index (χ1n) is 8.20. The second-order valence-electron chi connectivity index (χ2n) is 6.35. The number of nitrogen functional groups attached to an aromatic ring is 1. The van der Waals surface area contributed by atoms with Gasteiger partial charge in [0.05, 0.1) is 23.2 Å². The highest BCUT2D eigenvalue weighted by Crippen LogP contribution is 2.32. The molecule has 124 valence electrons. The molecule has 1 aromatic carbocycles. The van der Waals surface area contributed by atoms with Gasteiger partial charge in [-0.3, -0.25) is 0 Å². The van der Waals surface area contributed by atoms with E-state index >= 15 is 0 Å². The van der Waals surface area contributed by atoms with Gasteiger partial charge in [-0.15, -0.1) is 0 Å². The van der Waals surface area contributed by atoms with E-state index in [9.17, 15) is 0 Å². The lowest BCUT2D eigenvalue weighted by atomic mass is 9.92. The average molecular weight is 315 g/mol. The van der Waals surface area contributed by atoms with E-state index in [1.807, 2.05) is 19.9 Å². The number of aryl methyl sites for hydroxylation is 2. The molecule has 0 bridgehead atoms. The van der Waals surface area contributed by atoms with Crippen LogP contribution in [-0.4, -0.2) is 24.4 Å². The average Bonchev–Trinajstić information content (AvgIpc) is 2.89. The molecule has 1 saturated carbocycles. The minimum Gasteiger partial charge on any atom is -0.397 e. The molecular formula is C18H25N3O2. The van der Waals surface area contributed by atoms with Crippen LogP contribution in [0.5, 0.6) is 0 Å². The third-order valence-electron chi connectivity index (χ3n) is 4.74. The van der Waals surface area contributed by atoms with Gasteiger partial charge in [-0.1, -0.05) is 11.2 Å². The van der Waals surface area contributed by atoms with Crippen molar-refractivity contribution in [3.05, 3.63) is 29.7 Å². The summed E-state index contributed by atoms with van der Waals surface area (Å²) in [5.74, 6) is 0.820. The maximum absolute atomic E-state index is 6.26. The Balaban J connectivity index is 1.73. The molecule has 1 heterocycles. The Kier molecular flexibility index (Phi) is 4.57. The zero-order chi connectivity index (χ0) is 16.4. The van der Waals surface area contributed by atoms with E-state index in [-0.39, 0.29) is 0 Å². The molecule has 0 radical (unpaired) electrons. The summed E-state index contributed by atoms with van der Waals surface area (Å²) in [6.45, 7) is 3.87. The molecule has 0 unspecified atom stereocenters. The summed E-state index contributed by atoms with van der Waals surface area (Å²) in [5, 5.41) is 7.59. The van der Waals surface area contributed by atoms with Crippen LogP contribution < -0.4 is 11.1 Å². The van der Waals surface area contributed by atoms with Gasteiger partial charge >= 0.3 is 0 Å². The first-order valence-corrected chi connectivity index (χ1v) is 8.20. The van der Waals surface area contributed by atoms with Gasteiger partial charge in [0.15, 0.2) is 0 Å². The van der Waals surface area contributed by atoms with Crippen LogP contribution in [0.4, 0.5) is 11.4 Å². The Bertz CT molecular complexity index is 653. The van der Waals surface area contributed by atoms with E-state index in [1.165, 1.54) is 0 Å². The number of hydrogen-bond acceptors (Lipinski definition) is 5. The van der Waals surface area contributed by atoms with Crippen molar-refractivity contribution in [2.75, 3.05) is 18.2 Å². The van der Waals surface area contributed by atoms with E-state index in [4.69, 9.17) is 15.0 Å². The van der Waals surface area contributed by atoms with Crippen LogP contribution in [0.3, 0.4) is 0 Å². The van der Waals surface area contributed by atoms with E-state index in [0.29, 0.717) is 12.1 Å². The molecule has 0 aliphatic heterocycles. The molecule has 0 amide bonds. The summed E-state index contributed by atoms with van der Waals surface area (Å²) < 4.78 is 10.7. The highest BCUT2D eigenvalue weighted by molar-refractivity contribution is 5.77. The largest absolute Gasteiger partial charge is 0.397 e. The van der Waals surface area contributed by atoms with Gasteiger partial charge in [0.25, 0.3) is 0 Å². The summed E-state index contributed by atoms with van der Waals surface area (Å²) in [7, 11) is 1.80. The molecule has 1 fully saturated rings. The number of aromatic nitrogens is 1. The standard InChI is InChI=1S/C18H25N3O2/c1-11-18(12(2)23-21-11)13-4-9-17(16(19)10-13)20-14-5-7-15(22-3)8-6-14/h4,9-10,14-15,20H,5-8,19H2,1-3H3/t14-,15-. The molecular weight excluding hydrogens is 290 g/mol. The van der Waals surface area contributed by atoms with Gasteiger partial charge in [-0.2, -0.15) is 0 Å². The lowest BCUT2D eigenvalue weighted by Gasteiger charge is -2.29. The molecule has 5 heteroatoms. The van der Waals surface area contributed by atoms with Gasteiger partial charge in [0.2, 0.25) is 0 Å². The van der Waals surface area contributed by atoms with Crippen LogP contribution in [0.25, 0.3) is 11.1 Å². The second-order valence-corrected chi connectivity index (χ2v) is 6.35. The molecule has 1 aromatic heterocycles. The van der Waals surface area contributed by atoms with Crippen molar-refractivity contribution < 1.29 is 9.26 Å². The Labute approximate surface area is 137 Å². The number of nitrogens with zero attached hydrogens (tertiary/aromatic N) is 1. The van der Waals surface area contributed by atoms with Gasteiger partial charge in [0.1, 0.15) is 5.76 Å². The quantitative estimate of drug-likeness (QED) is 0.837. The molecule has 23 heavy (non-hydrogen) atoms. The summed E-state index contributed by atoms with van der Waals surface area (Å²) in [4.78, 5) is 0. The van der Waals surface area contributed by atoms with Crippen LogP contribution >= 0.6 is 0 Å². The fourth-order valence-corrected chi connectivity index (χ4v) is 3.41. The van der Waals surface area contributed by atoms with Crippen molar-refractivity contribution in [1.82, 2.24) is 5.16 Å². The van der Waals surface area contributed by atoms with Crippen molar-refractivity contribution in [3.8, 4) is 11.1 Å². The van der Waals surface area contributed by atoms with Crippen LogP contribution in [0.15, 0.2) is 22.7 Å². The molecule has 5 nitrogen and oxygen atoms in total. The number of rotatable bonds is 4. The Hall–Kier alpha value is -2.01. The van der Waals surface area contributed by atoms with E-state index in [0.717, 1.165) is 59.6 Å². The summed E-state index contributed by atoms with van der Waals surface area (Å²) in [5.41, 5.74) is 11.0. The van der Waals surface area contributed by atoms with Gasteiger partial charge in [-0.25, -0.2) is 0 Å². The number of benzene rings is 1. The molecule has 0 saturated heterocycles. The van der Waals surface area contributed by atoms with Gasteiger partial charge in [0, 0.05) is 18.7 Å². The number of ether oxygens (including phenoxy) is 1. The predicted molar refractivity (Wildman–Crippen MR) is 92.5 cm³/mol. The summed E-state index contributed by atoms with van der Waals surface area (Å²) >= 11 is 0. The van der Waals surface area contributed by atoms with E-state index in [2.05, 4.69) is 22.6 Å². The number of anilines is 2. The molecule has 1 aliphatic carbocycles. The molecule has 3 rings (SSSR count). The molecule has 0 atom stereocenters. The number of hydrogen-bond donors (Lipinski definition) is 2. The van der Waals surface area contributed by atoms with Gasteiger partial charge < -0.3 is 20.3 Å². The smallest absolute Gasteiger partial charge is 0.141 e. The lowest BCUT2D eigenvalue weighted by Crippen LogP contribution is -2.29. The van der Waals surface area contributed by atoms with Crippen molar-refractivity contribution >= 4 is 11.4 Å². The van der Waals surface area contributed by atoms with Crippen molar-refractivity contribution in [1.29, 1.82) is 0 Å². The van der Waals surface area contributed by atoms with Gasteiger partial charge in [-0.05, 0) is 57.2 Å². The monoisotopic (exact) mass is 315 g/mol. The first kappa shape index (κ1) is 15.9. The van der Waals surface area contributed by atoms with Crippen molar-refractivity contribution in [2.45, 2.75) is 51.7 Å². The maximum Gasteiger partial charge on any atom is 0.141 e. The number of nitrogens with two attached hydrogens (primary N) is 1. The SMILES string of the molecule is CO[C@H]1CC[C@H](Nc2ccc(-c3c(C)noc3C)cc2N)CC1. The Morgan fingerprint density at radius 1 is 1.22 bits per heavy atom. The predicted octanol–water partition coefficient (Wildman–Crippen LogP) is 3.91. The van der Waals surface area contributed by atoms with Crippen LogP contribution in [0, 0.1) is 13.8 Å². The van der Waals surface area contributed by atoms with Crippen molar-refractivity contribution in [2.24, 2.45) is 0 Å². The minimum atomic E-state index is 0.410. The van der Waals surface area contributed by atoms with E-state index in [1.54, 1.807) is 7.11 Å². The normalized spacial score (nSPS) is 21.3. The third-order valence-corrected chi connectivity index (χ3v) is 4.74. The minimum absolute atomic E-state index is 0.410. The van der Waals surface area contributed by atoms with Crippen LogP contribution in [0.1, 0.15) is 37.1 Å². The number of nitrogens with one attached hydrogen (secondary N) is 1. The Morgan fingerprint density at radius 3 is 2.52 bits per heavy atom. The zero-order valence-corrected chi connectivity index (χ0v) is 14.1. The third kappa shape index (κ3) is 3.34. The maximum atomic E-state index is 6.26. The fourth-order valence-electron chi connectivity index (χ4n) is 3.41. The molecule has 2 aromatic rings. The van der Waals surface area contributed by atoms with Crippen LogP contribution in [-0.2, 0) is 4.74 Å². The second kappa shape index (κ2) is 6.62. The first-order chi connectivity index (χ1) is 11.1. The summed E-state index contributed by atoms with van der Waals surface area (Å²) in [6, 6.07) is 6.59. The molecule has 0 spiro atoms. The lowest BCUT2D eigenvalue weighted by molar-refractivity contribution is 0.0682. The highest BCUT2D eigenvalue weighted by atomic mass is 16.5. The zero-order valence-electron chi connectivity index (χ0n) is 14.1. The number of methoxy groups -OCH3 is 1. The highest BCUT2D eigenvalue weighted by Gasteiger charge is 2.21. The van der Waals surface area contributed by atoms with E-state index < -0.39 is 0 Å². The molecule has 1 aliphatic rings.